The highest BCUT2D eigenvalue weighted by molar-refractivity contribution is 7.99. The second kappa shape index (κ2) is 12.5. The Balaban J connectivity index is 1.56. The van der Waals surface area contributed by atoms with E-state index in [-0.39, 0.29) is 17.1 Å². The van der Waals surface area contributed by atoms with Crippen LogP contribution in [0.4, 0.5) is 5.69 Å². The van der Waals surface area contributed by atoms with Gasteiger partial charge in [-0.05, 0) is 72.2 Å². The van der Waals surface area contributed by atoms with Crippen LogP contribution in [0, 0.1) is 0 Å². The summed E-state index contributed by atoms with van der Waals surface area (Å²) in [5.74, 6) is 2.15. The van der Waals surface area contributed by atoms with E-state index in [4.69, 9.17) is 4.74 Å². The molecule has 0 aliphatic heterocycles. The van der Waals surface area contributed by atoms with Gasteiger partial charge in [-0.1, -0.05) is 82.8 Å². The third-order valence-electron chi connectivity index (χ3n) is 6.76. The number of rotatable bonds is 10. The molecule has 6 nitrogen and oxygen atoms in total. The molecule has 7 heteroatoms. The molecule has 39 heavy (non-hydrogen) atoms. The molecule has 1 aromatic heterocycles. The van der Waals surface area contributed by atoms with Crippen LogP contribution >= 0.6 is 11.8 Å². The first-order valence-corrected chi connectivity index (χ1v) is 14.5. The molecule has 0 bridgehead atoms. The van der Waals surface area contributed by atoms with E-state index in [1.807, 2.05) is 47.9 Å². The maximum atomic E-state index is 12.8. The molecule has 0 aliphatic rings. The maximum absolute atomic E-state index is 12.8. The third kappa shape index (κ3) is 7.09. The van der Waals surface area contributed by atoms with Crippen LogP contribution in [0.2, 0.25) is 0 Å². The first kappa shape index (κ1) is 28.4. The zero-order valence-corrected chi connectivity index (χ0v) is 24.5. The van der Waals surface area contributed by atoms with Gasteiger partial charge in [-0.2, -0.15) is 0 Å². The van der Waals surface area contributed by atoms with Crippen LogP contribution in [-0.4, -0.2) is 33.0 Å². The van der Waals surface area contributed by atoms with Crippen LogP contribution in [0.3, 0.4) is 0 Å². The Morgan fingerprint density at radius 1 is 0.949 bits per heavy atom. The molecular formula is C32H38N4O2S. The molecule has 4 aromatic rings. The Morgan fingerprint density at radius 3 is 2.21 bits per heavy atom. The van der Waals surface area contributed by atoms with Crippen molar-refractivity contribution >= 4 is 23.4 Å². The number of anilines is 1. The van der Waals surface area contributed by atoms with Gasteiger partial charge in [0, 0.05) is 16.9 Å². The summed E-state index contributed by atoms with van der Waals surface area (Å²) in [6, 6.07) is 24.4. The number of amides is 1. The van der Waals surface area contributed by atoms with Gasteiger partial charge >= 0.3 is 0 Å². The third-order valence-corrected chi connectivity index (χ3v) is 7.69. The van der Waals surface area contributed by atoms with Crippen LogP contribution < -0.4 is 10.1 Å². The summed E-state index contributed by atoms with van der Waals surface area (Å²) < 4.78 is 7.63. The van der Waals surface area contributed by atoms with Crippen molar-refractivity contribution < 1.29 is 9.53 Å². The lowest BCUT2D eigenvalue weighted by Gasteiger charge is -2.19. The van der Waals surface area contributed by atoms with E-state index >= 15 is 0 Å². The van der Waals surface area contributed by atoms with Gasteiger partial charge in [-0.25, -0.2) is 0 Å². The maximum Gasteiger partial charge on any atom is 0.234 e. The number of carbonyl (C=O) groups is 1. The van der Waals surface area contributed by atoms with Crippen molar-refractivity contribution in [2.45, 2.75) is 64.5 Å². The lowest BCUT2D eigenvalue weighted by Crippen LogP contribution is -2.14. The monoisotopic (exact) mass is 542 g/mol. The molecule has 1 atom stereocenters. The summed E-state index contributed by atoms with van der Waals surface area (Å²) in [6.07, 6.45) is 1.08. The number of aromatic nitrogens is 3. The highest BCUT2D eigenvalue weighted by atomic mass is 32.2. The standard InChI is InChI=1S/C32H38N4O2S/c1-7-22(3)23-11-15-26(16-12-23)33-29(37)21-39-31-35-34-30(24-9-13-25(14-10-24)32(4,5)6)36(31)27-17-19-28(20-18-27)38-8-2/h9-20,22H,7-8,21H2,1-6H3,(H,33,37)/t22-/m1/s1. The van der Waals surface area contributed by atoms with Crippen molar-refractivity contribution in [2.24, 2.45) is 0 Å². The number of carbonyl (C=O) groups excluding carboxylic acids is 1. The van der Waals surface area contributed by atoms with Gasteiger partial charge < -0.3 is 10.1 Å². The average Bonchev–Trinajstić information content (AvgIpc) is 3.36. The van der Waals surface area contributed by atoms with Crippen LogP contribution in [0.1, 0.15) is 65.0 Å². The normalized spacial score (nSPS) is 12.3. The van der Waals surface area contributed by atoms with Crippen molar-refractivity contribution in [3.05, 3.63) is 83.9 Å². The molecule has 0 saturated heterocycles. The van der Waals surface area contributed by atoms with Crippen LogP contribution in [0.5, 0.6) is 5.75 Å². The number of benzene rings is 3. The van der Waals surface area contributed by atoms with Gasteiger partial charge in [0.1, 0.15) is 5.75 Å². The average molecular weight is 543 g/mol. The molecule has 1 N–H and O–H groups in total. The Labute approximate surface area is 236 Å². The predicted molar refractivity (Wildman–Crippen MR) is 161 cm³/mol. The van der Waals surface area contributed by atoms with E-state index in [1.165, 1.54) is 22.9 Å². The molecule has 0 unspecified atom stereocenters. The summed E-state index contributed by atoms with van der Waals surface area (Å²) in [5, 5.41) is 12.7. The number of nitrogens with one attached hydrogen (secondary N) is 1. The molecule has 1 heterocycles. The van der Waals surface area contributed by atoms with E-state index in [0.717, 1.165) is 34.9 Å². The van der Waals surface area contributed by atoms with E-state index in [9.17, 15) is 4.79 Å². The van der Waals surface area contributed by atoms with Gasteiger partial charge in [-0.3, -0.25) is 9.36 Å². The molecule has 4 rings (SSSR count). The van der Waals surface area contributed by atoms with E-state index in [1.54, 1.807) is 0 Å². The second-order valence-corrected chi connectivity index (χ2v) is 11.6. The molecule has 1 amide bonds. The number of hydrogen-bond donors (Lipinski definition) is 1. The van der Waals surface area contributed by atoms with Crippen LogP contribution in [-0.2, 0) is 10.2 Å². The molecule has 0 spiro atoms. The SMILES string of the molecule is CCOc1ccc(-n2c(SCC(=O)Nc3ccc([C@H](C)CC)cc3)nnc2-c2ccc(C(C)(C)C)cc2)cc1. The number of ether oxygens (including phenoxy) is 1. The Morgan fingerprint density at radius 2 is 1.62 bits per heavy atom. The number of nitrogens with zero attached hydrogens (tertiary/aromatic N) is 3. The molecule has 0 saturated carbocycles. The van der Waals surface area contributed by atoms with Gasteiger partial charge in [0.05, 0.1) is 12.4 Å². The molecular weight excluding hydrogens is 504 g/mol. The Hall–Kier alpha value is -3.58. The quantitative estimate of drug-likeness (QED) is 0.207. The van der Waals surface area contributed by atoms with Gasteiger partial charge in [0.2, 0.25) is 5.91 Å². The minimum absolute atomic E-state index is 0.0598. The van der Waals surface area contributed by atoms with Crippen molar-refractivity contribution in [1.29, 1.82) is 0 Å². The lowest BCUT2D eigenvalue weighted by atomic mass is 9.87. The second-order valence-electron chi connectivity index (χ2n) is 10.7. The minimum Gasteiger partial charge on any atom is -0.494 e. The fourth-order valence-electron chi connectivity index (χ4n) is 4.22. The number of hydrogen-bond acceptors (Lipinski definition) is 5. The topological polar surface area (TPSA) is 69.0 Å². The van der Waals surface area contributed by atoms with Crippen molar-refractivity contribution in [3.63, 3.8) is 0 Å². The first-order chi connectivity index (χ1) is 18.7. The van der Waals surface area contributed by atoms with E-state index in [2.05, 4.69) is 86.5 Å². The highest BCUT2D eigenvalue weighted by Crippen LogP contribution is 2.31. The molecule has 3 aromatic carbocycles. The largest absolute Gasteiger partial charge is 0.494 e. The summed E-state index contributed by atoms with van der Waals surface area (Å²) in [5.41, 5.74) is 5.24. The highest BCUT2D eigenvalue weighted by Gasteiger charge is 2.19. The zero-order valence-electron chi connectivity index (χ0n) is 23.7. The molecule has 0 fully saturated rings. The van der Waals surface area contributed by atoms with Crippen molar-refractivity contribution in [1.82, 2.24) is 14.8 Å². The molecule has 204 valence electrons. The van der Waals surface area contributed by atoms with E-state index in [0.29, 0.717) is 17.7 Å². The fraction of sp³-hybridized carbons (Fsp3) is 0.344. The number of thioether (sulfide) groups is 1. The van der Waals surface area contributed by atoms with Gasteiger partial charge in [0.15, 0.2) is 11.0 Å². The summed E-state index contributed by atoms with van der Waals surface area (Å²) in [4.78, 5) is 12.8. The smallest absolute Gasteiger partial charge is 0.234 e. The summed E-state index contributed by atoms with van der Waals surface area (Å²) in [7, 11) is 0. The molecule has 0 radical (unpaired) electrons. The van der Waals surface area contributed by atoms with Gasteiger partial charge in [0.25, 0.3) is 0 Å². The van der Waals surface area contributed by atoms with Crippen molar-refractivity contribution in [2.75, 3.05) is 17.7 Å². The fourth-order valence-corrected chi connectivity index (χ4v) is 4.97. The minimum atomic E-state index is -0.0892. The lowest BCUT2D eigenvalue weighted by molar-refractivity contribution is -0.113. The first-order valence-electron chi connectivity index (χ1n) is 13.5. The van der Waals surface area contributed by atoms with Crippen molar-refractivity contribution in [3.8, 4) is 22.8 Å². The van der Waals surface area contributed by atoms with Crippen LogP contribution in [0.25, 0.3) is 17.1 Å². The summed E-state index contributed by atoms with van der Waals surface area (Å²) in [6.45, 7) is 13.5. The van der Waals surface area contributed by atoms with Crippen LogP contribution in [0.15, 0.2) is 78.0 Å². The molecule has 0 aliphatic carbocycles. The Kier molecular flexibility index (Phi) is 9.12. The summed E-state index contributed by atoms with van der Waals surface area (Å²) >= 11 is 1.36. The zero-order chi connectivity index (χ0) is 28.0. The Bertz CT molecular complexity index is 1370. The predicted octanol–water partition coefficient (Wildman–Crippen LogP) is 7.87. The van der Waals surface area contributed by atoms with E-state index < -0.39 is 0 Å². The van der Waals surface area contributed by atoms with Gasteiger partial charge in [-0.15, -0.1) is 10.2 Å².